The van der Waals surface area contributed by atoms with Crippen LogP contribution in [0.5, 0.6) is 5.75 Å². The second-order valence-corrected chi connectivity index (χ2v) is 4.62. The van der Waals surface area contributed by atoms with E-state index in [1.807, 2.05) is 0 Å². The molecule has 0 aromatic heterocycles. The van der Waals surface area contributed by atoms with Crippen molar-refractivity contribution in [1.29, 1.82) is 0 Å². The van der Waals surface area contributed by atoms with E-state index >= 15 is 0 Å². The summed E-state index contributed by atoms with van der Waals surface area (Å²) in [7, 11) is 4.88. The Hall–Kier alpha value is -2.36. The Kier molecular flexibility index (Phi) is 4.03. The average Bonchev–Trinajstić information content (AvgIpc) is 2.46. The predicted octanol–water partition coefficient (Wildman–Crippen LogP) is 3.20. The smallest absolute Gasteiger partial charge is 0.253 e. The molecule has 2 aromatic rings. The number of carbonyl (C=O) groups is 1. The van der Waals surface area contributed by atoms with Crippen molar-refractivity contribution in [2.24, 2.45) is 0 Å². The minimum atomic E-state index is -0.351. The average molecular weight is 273 g/mol. The molecular formula is C16H16FNO2. The van der Waals surface area contributed by atoms with Crippen molar-refractivity contribution in [1.82, 2.24) is 4.90 Å². The second kappa shape index (κ2) is 5.74. The maximum Gasteiger partial charge on any atom is 0.253 e. The highest BCUT2D eigenvalue weighted by Crippen LogP contribution is 2.26. The molecule has 0 unspecified atom stereocenters. The minimum absolute atomic E-state index is 0.0771. The van der Waals surface area contributed by atoms with Crippen LogP contribution in [0.25, 0.3) is 11.1 Å². The molecule has 0 aliphatic heterocycles. The standard InChI is InChI=1S/C16H16FNO2/c1-18(2)16(19)12-6-4-11(5-7-12)14-9-8-13(20-3)10-15(14)17/h4-10H,1-3H3. The SMILES string of the molecule is COc1ccc(-c2ccc(C(=O)N(C)C)cc2)c(F)c1. The fourth-order valence-corrected chi connectivity index (χ4v) is 1.91. The summed E-state index contributed by atoms with van der Waals surface area (Å²) < 4.78 is 18.9. The number of rotatable bonds is 3. The van der Waals surface area contributed by atoms with Crippen LogP contribution in [-0.2, 0) is 0 Å². The first kappa shape index (κ1) is 14.1. The molecule has 0 saturated carbocycles. The van der Waals surface area contributed by atoms with Crippen molar-refractivity contribution < 1.29 is 13.9 Å². The van der Waals surface area contributed by atoms with Gasteiger partial charge in [0, 0.05) is 31.3 Å². The maximum atomic E-state index is 14.0. The number of carbonyl (C=O) groups excluding carboxylic acids is 1. The zero-order valence-corrected chi connectivity index (χ0v) is 11.7. The van der Waals surface area contributed by atoms with Crippen LogP contribution in [0.3, 0.4) is 0 Å². The van der Waals surface area contributed by atoms with Gasteiger partial charge in [0.25, 0.3) is 5.91 Å². The summed E-state index contributed by atoms with van der Waals surface area (Å²) in [6, 6.07) is 11.6. The lowest BCUT2D eigenvalue weighted by Gasteiger charge is -2.11. The maximum absolute atomic E-state index is 14.0. The predicted molar refractivity (Wildman–Crippen MR) is 76.4 cm³/mol. The van der Waals surface area contributed by atoms with Gasteiger partial charge in [0.2, 0.25) is 0 Å². The molecule has 0 N–H and O–H groups in total. The molecule has 0 atom stereocenters. The van der Waals surface area contributed by atoms with Crippen molar-refractivity contribution in [3.63, 3.8) is 0 Å². The van der Waals surface area contributed by atoms with E-state index in [-0.39, 0.29) is 11.7 Å². The number of amides is 1. The van der Waals surface area contributed by atoms with Gasteiger partial charge in [0.1, 0.15) is 11.6 Å². The first-order valence-electron chi connectivity index (χ1n) is 6.18. The molecule has 104 valence electrons. The molecule has 0 aliphatic rings. The Labute approximate surface area is 117 Å². The lowest BCUT2D eigenvalue weighted by Crippen LogP contribution is -2.21. The van der Waals surface area contributed by atoms with Crippen molar-refractivity contribution in [3.8, 4) is 16.9 Å². The molecule has 0 spiro atoms. The van der Waals surface area contributed by atoms with E-state index in [0.717, 1.165) is 5.56 Å². The molecule has 0 bridgehead atoms. The van der Waals surface area contributed by atoms with Crippen molar-refractivity contribution >= 4 is 5.91 Å². The third-order valence-corrected chi connectivity index (χ3v) is 3.03. The Morgan fingerprint density at radius 2 is 1.75 bits per heavy atom. The van der Waals surface area contributed by atoms with E-state index in [0.29, 0.717) is 16.9 Å². The van der Waals surface area contributed by atoms with E-state index in [1.165, 1.54) is 18.1 Å². The summed E-state index contributed by atoms with van der Waals surface area (Å²) in [6.45, 7) is 0. The largest absolute Gasteiger partial charge is 0.497 e. The number of benzene rings is 2. The van der Waals surface area contributed by atoms with Crippen molar-refractivity contribution in [2.45, 2.75) is 0 Å². The zero-order chi connectivity index (χ0) is 14.7. The van der Waals surface area contributed by atoms with Crippen LogP contribution in [0.15, 0.2) is 42.5 Å². The molecule has 0 saturated heterocycles. The van der Waals surface area contributed by atoms with Crippen LogP contribution in [0.2, 0.25) is 0 Å². The van der Waals surface area contributed by atoms with Crippen LogP contribution in [0.4, 0.5) is 4.39 Å². The molecule has 0 fully saturated rings. The quantitative estimate of drug-likeness (QED) is 0.859. The lowest BCUT2D eigenvalue weighted by atomic mass is 10.0. The van der Waals surface area contributed by atoms with E-state index in [2.05, 4.69) is 0 Å². The van der Waals surface area contributed by atoms with E-state index in [9.17, 15) is 9.18 Å². The summed E-state index contributed by atoms with van der Waals surface area (Å²) in [5.74, 6) is 0.0495. The second-order valence-electron chi connectivity index (χ2n) is 4.62. The van der Waals surface area contributed by atoms with Gasteiger partial charge >= 0.3 is 0 Å². The van der Waals surface area contributed by atoms with E-state index in [4.69, 9.17) is 4.74 Å². The van der Waals surface area contributed by atoms with Gasteiger partial charge in [-0.15, -0.1) is 0 Å². The summed E-state index contributed by atoms with van der Waals surface area (Å²) in [4.78, 5) is 13.3. The molecule has 0 radical (unpaired) electrons. The highest BCUT2D eigenvalue weighted by atomic mass is 19.1. The summed E-state index contributed by atoms with van der Waals surface area (Å²) in [5, 5.41) is 0. The van der Waals surface area contributed by atoms with Gasteiger partial charge in [0.15, 0.2) is 0 Å². The monoisotopic (exact) mass is 273 g/mol. The third kappa shape index (κ3) is 2.79. The van der Waals surface area contributed by atoms with Crippen LogP contribution >= 0.6 is 0 Å². The number of nitrogens with zero attached hydrogens (tertiary/aromatic N) is 1. The van der Waals surface area contributed by atoms with E-state index in [1.54, 1.807) is 50.5 Å². The zero-order valence-electron chi connectivity index (χ0n) is 11.7. The van der Waals surface area contributed by atoms with Crippen LogP contribution in [-0.4, -0.2) is 32.0 Å². The Morgan fingerprint density at radius 3 is 2.25 bits per heavy atom. The molecule has 2 rings (SSSR count). The van der Waals surface area contributed by atoms with Crippen molar-refractivity contribution in [2.75, 3.05) is 21.2 Å². The van der Waals surface area contributed by atoms with Gasteiger partial charge < -0.3 is 9.64 Å². The number of halogens is 1. The Balaban J connectivity index is 2.33. The first-order valence-corrected chi connectivity index (χ1v) is 6.18. The van der Waals surface area contributed by atoms with Gasteiger partial charge in [-0.1, -0.05) is 12.1 Å². The molecule has 0 heterocycles. The normalized spacial score (nSPS) is 10.2. The highest BCUT2D eigenvalue weighted by molar-refractivity contribution is 5.94. The number of methoxy groups -OCH3 is 1. The van der Waals surface area contributed by atoms with Gasteiger partial charge in [-0.05, 0) is 29.8 Å². The highest BCUT2D eigenvalue weighted by Gasteiger charge is 2.10. The first-order chi connectivity index (χ1) is 9.52. The molecule has 2 aromatic carbocycles. The number of hydrogen-bond donors (Lipinski definition) is 0. The molecule has 4 heteroatoms. The van der Waals surface area contributed by atoms with Gasteiger partial charge in [0.05, 0.1) is 7.11 Å². The Morgan fingerprint density at radius 1 is 1.10 bits per heavy atom. The van der Waals surface area contributed by atoms with Crippen LogP contribution in [0, 0.1) is 5.82 Å². The van der Waals surface area contributed by atoms with Crippen LogP contribution in [0.1, 0.15) is 10.4 Å². The van der Waals surface area contributed by atoms with E-state index < -0.39 is 0 Å². The third-order valence-electron chi connectivity index (χ3n) is 3.03. The molecule has 1 amide bonds. The fraction of sp³-hybridized carbons (Fsp3) is 0.188. The van der Waals surface area contributed by atoms with Crippen molar-refractivity contribution in [3.05, 3.63) is 53.8 Å². The topological polar surface area (TPSA) is 29.5 Å². The fourth-order valence-electron chi connectivity index (χ4n) is 1.91. The molecule has 0 aliphatic carbocycles. The molecular weight excluding hydrogens is 257 g/mol. The number of hydrogen-bond acceptors (Lipinski definition) is 2. The molecule has 20 heavy (non-hydrogen) atoms. The molecule has 3 nitrogen and oxygen atoms in total. The van der Waals surface area contributed by atoms with Crippen LogP contribution < -0.4 is 4.74 Å². The summed E-state index contributed by atoms with van der Waals surface area (Å²) in [5.41, 5.74) is 1.78. The lowest BCUT2D eigenvalue weighted by molar-refractivity contribution is 0.0827. The minimum Gasteiger partial charge on any atom is -0.497 e. The van der Waals surface area contributed by atoms with Gasteiger partial charge in [-0.2, -0.15) is 0 Å². The van der Waals surface area contributed by atoms with Gasteiger partial charge in [-0.3, -0.25) is 4.79 Å². The summed E-state index contributed by atoms with van der Waals surface area (Å²) >= 11 is 0. The summed E-state index contributed by atoms with van der Waals surface area (Å²) in [6.07, 6.45) is 0. The number of ether oxygens (including phenoxy) is 1. The Bertz CT molecular complexity index is 621. The van der Waals surface area contributed by atoms with Gasteiger partial charge in [-0.25, -0.2) is 4.39 Å².